The highest BCUT2D eigenvalue weighted by molar-refractivity contribution is 5.84. The van der Waals surface area contributed by atoms with Crippen molar-refractivity contribution < 1.29 is 0 Å². The van der Waals surface area contributed by atoms with E-state index in [0.717, 1.165) is 61.8 Å². The maximum Gasteiger partial charge on any atom is 0.0707 e. The Bertz CT molecular complexity index is 2040. The Balaban J connectivity index is 1.35. The van der Waals surface area contributed by atoms with Crippen LogP contribution in [0.4, 0.5) is 0 Å². The third kappa shape index (κ3) is 7.05. The number of H-pyrrole nitrogens is 2. The second-order valence-corrected chi connectivity index (χ2v) is 17.2. The number of aromatic amines is 2. The molecule has 1 saturated carbocycles. The molecule has 8 heterocycles. The quantitative estimate of drug-likeness (QED) is 0.156. The molecule has 0 aromatic carbocycles. The van der Waals surface area contributed by atoms with Crippen molar-refractivity contribution in [3.63, 3.8) is 0 Å². The summed E-state index contributed by atoms with van der Waals surface area (Å²) in [4.78, 5) is 24.8. The largest absolute Gasteiger partial charge is 0.355 e. The molecule has 7 heteroatoms. The van der Waals surface area contributed by atoms with Gasteiger partial charge in [-0.3, -0.25) is 0 Å². The maximum absolute atomic E-state index is 5.65. The summed E-state index contributed by atoms with van der Waals surface area (Å²) in [5, 5.41) is 4.07. The summed E-state index contributed by atoms with van der Waals surface area (Å²) in [6.07, 6.45) is 25.3. The van der Waals surface area contributed by atoms with Crippen molar-refractivity contribution in [1.29, 1.82) is 0 Å². The molecule has 3 aromatic heterocycles. The van der Waals surface area contributed by atoms with Gasteiger partial charge in [-0.25, -0.2) is 9.97 Å². The van der Waals surface area contributed by atoms with E-state index in [9.17, 15) is 0 Å². The van der Waals surface area contributed by atoms with Gasteiger partial charge < -0.3 is 25.1 Å². The molecule has 9 rings (SSSR count). The van der Waals surface area contributed by atoms with Crippen LogP contribution in [0.15, 0.2) is 24.3 Å². The molecule has 1 aliphatic carbocycles. The van der Waals surface area contributed by atoms with Crippen LogP contribution in [0.2, 0.25) is 0 Å². The second kappa shape index (κ2) is 15.9. The fraction of sp³-hybridized carbons (Fsp3) is 0.574. The molecule has 0 spiro atoms. The first-order valence-corrected chi connectivity index (χ1v) is 22.0. The maximum atomic E-state index is 5.65. The molecule has 0 radical (unpaired) electrons. The molecule has 4 fully saturated rings. The van der Waals surface area contributed by atoms with Crippen molar-refractivity contribution in [2.45, 2.75) is 134 Å². The lowest BCUT2D eigenvalue weighted by Crippen LogP contribution is -2.37. The number of piperidine rings is 3. The van der Waals surface area contributed by atoms with Crippen LogP contribution in [0, 0.1) is 0 Å². The first-order valence-electron chi connectivity index (χ1n) is 22.0. The Morgan fingerprint density at radius 2 is 1.00 bits per heavy atom. The number of nitrogens with zero attached hydrogens (tertiary/aromatic N) is 4. The van der Waals surface area contributed by atoms with Gasteiger partial charge in [0.05, 0.1) is 22.8 Å². The molecule has 4 atom stereocenters. The third-order valence-corrected chi connectivity index (χ3v) is 14.0. The number of fused-ring (bicyclic) bond motifs is 8. The summed E-state index contributed by atoms with van der Waals surface area (Å²) in [5.41, 5.74) is 15.0. The topological polar surface area (TPSA) is 75.9 Å². The smallest absolute Gasteiger partial charge is 0.0707 e. The van der Waals surface area contributed by atoms with Crippen molar-refractivity contribution in [3.05, 3.63) is 69.3 Å². The standard InChI is InChI=1S/C47H63N7/c1-4-34-17-10-18-35(48-34)47-42-25-23-37(51-42)44(31-13-8-7-9-14-31)36-19-20-38(49-36)45(32-15-11-27-53(5-2)29-32)39-21-22-40(50-39)46(41-24-26-43(47)52-41)33-16-12-28-54(6-3)30-33/h19-26,31-35,48-50H,4-18,27-30H2,1-3H3. The van der Waals surface area contributed by atoms with Gasteiger partial charge in [-0.05, 0) is 138 Å². The molecule has 7 nitrogen and oxygen atoms in total. The van der Waals surface area contributed by atoms with Crippen molar-refractivity contribution in [3.8, 4) is 0 Å². The first kappa shape index (κ1) is 36.1. The Morgan fingerprint density at radius 1 is 0.519 bits per heavy atom. The normalized spacial score (nSPS) is 25.8. The Kier molecular flexibility index (Phi) is 10.7. The van der Waals surface area contributed by atoms with Gasteiger partial charge in [-0.2, -0.15) is 0 Å². The molecule has 3 N–H and O–H groups in total. The summed E-state index contributed by atoms with van der Waals surface area (Å²) < 4.78 is 0. The van der Waals surface area contributed by atoms with E-state index in [1.807, 2.05) is 0 Å². The number of likely N-dealkylation sites (tertiary alicyclic amines) is 2. The minimum atomic E-state index is 0.240. The Hall–Kier alpha value is -3.52. The van der Waals surface area contributed by atoms with Crippen LogP contribution in [0.3, 0.4) is 0 Å². The molecular weight excluding hydrogens is 663 g/mol. The predicted molar refractivity (Wildman–Crippen MR) is 227 cm³/mol. The van der Waals surface area contributed by atoms with Gasteiger partial charge in [0.15, 0.2) is 0 Å². The number of hydrogen-bond acceptors (Lipinski definition) is 5. The minimum Gasteiger partial charge on any atom is -0.355 e. The number of rotatable bonds is 7. The average Bonchev–Trinajstić information content (AvgIpc) is 4.07. The summed E-state index contributed by atoms with van der Waals surface area (Å²) >= 11 is 0. The monoisotopic (exact) mass is 726 g/mol. The number of aromatic nitrogens is 4. The molecule has 54 heavy (non-hydrogen) atoms. The Labute approximate surface area is 323 Å². The lowest BCUT2D eigenvalue weighted by atomic mass is 9.83. The molecule has 3 aromatic rings. The van der Waals surface area contributed by atoms with Gasteiger partial charge in [0.25, 0.3) is 0 Å². The second-order valence-electron chi connectivity index (χ2n) is 17.2. The zero-order chi connectivity index (χ0) is 36.6. The summed E-state index contributed by atoms with van der Waals surface area (Å²) in [6.45, 7) is 13.7. The van der Waals surface area contributed by atoms with E-state index in [1.165, 1.54) is 128 Å². The van der Waals surface area contributed by atoms with Crippen LogP contribution < -0.4 is 5.32 Å². The van der Waals surface area contributed by atoms with E-state index >= 15 is 0 Å². The van der Waals surface area contributed by atoms with Crippen LogP contribution in [0.25, 0.3) is 46.4 Å². The van der Waals surface area contributed by atoms with E-state index in [2.05, 4.69) is 94.4 Å². The van der Waals surface area contributed by atoms with Crippen LogP contribution >= 0.6 is 0 Å². The van der Waals surface area contributed by atoms with Crippen LogP contribution in [-0.4, -0.2) is 75.0 Å². The first-order chi connectivity index (χ1) is 26.6. The van der Waals surface area contributed by atoms with Gasteiger partial charge >= 0.3 is 0 Å². The van der Waals surface area contributed by atoms with E-state index < -0.39 is 0 Å². The molecule has 6 aliphatic rings. The van der Waals surface area contributed by atoms with Crippen LogP contribution in [0.1, 0.15) is 173 Å². The fourth-order valence-electron chi connectivity index (χ4n) is 11.1. The molecule has 3 saturated heterocycles. The molecule has 286 valence electrons. The molecule has 0 amide bonds. The highest BCUT2D eigenvalue weighted by Crippen LogP contribution is 2.41. The summed E-state index contributed by atoms with van der Waals surface area (Å²) in [7, 11) is 0. The van der Waals surface area contributed by atoms with Gasteiger partial charge in [0.2, 0.25) is 0 Å². The van der Waals surface area contributed by atoms with Crippen molar-refractivity contribution in [2.24, 2.45) is 0 Å². The van der Waals surface area contributed by atoms with Crippen LogP contribution in [0.5, 0.6) is 0 Å². The lowest BCUT2D eigenvalue weighted by Gasteiger charge is -2.32. The fourth-order valence-corrected chi connectivity index (χ4v) is 11.1. The molecule has 4 unspecified atom stereocenters. The van der Waals surface area contributed by atoms with E-state index in [1.54, 1.807) is 0 Å². The summed E-state index contributed by atoms with van der Waals surface area (Å²) in [6, 6.07) is 10.3. The van der Waals surface area contributed by atoms with Gasteiger partial charge in [0.1, 0.15) is 0 Å². The Morgan fingerprint density at radius 3 is 1.54 bits per heavy atom. The van der Waals surface area contributed by atoms with Gasteiger partial charge in [0, 0.05) is 81.3 Å². The van der Waals surface area contributed by atoms with E-state index in [-0.39, 0.29) is 6.04 Å². The molecular formula is C47H63N7. The van der Waals surface area contributed by atoms with E-state index in [4.69, 9.17) is 9.97 Å². The van der Waals surface area contributed by atoms with E-state index in [0.29, 0.717) is 23.8 Å². The third-order valence-electron chi connectivity index (χ3n) is 14.0. The predicted octanol–water partition coefficient (Wildman–Crippen LogP) is 10.7. The lowest BCUT2D eigenvalue weighted by molar-refractivity contribution is 0.218. The number of likely N-dealkylation sites (N-methyl/N-ethyl adjacent to an activating group) is 2. The average molecular weight is 726 g/mol. The molecule has 8 bridgehead atoms. The SMILES string of the molecule is CCC1CCCC(c2c3nc(c(C4CCCCC4)c4ccc([nH]4)c(C4CCCN(CC)C4)c4ccc([nH]4)c(C4CCCN(CC)C4)c4nc2C=C4)C=C3)N1. The highest BCUT2D eigenvalue weighted by atomic mass is 15.1. The summed E-state index contributed by atoms with van der Waals surface area (Å²) in [5.74, 6) is 1.40. The van der Waals surface area contributed by atoms with Gasteiger partial charge in [-0.1, -0.05) is 46.5 Å². The number of hydrogen-bond donors (Lipinski definition) is 3. The zero-order valence-corrected chi connectivity index (χ0v) is 33.2. The molecule has 5 aliphatic heterocycles. The van der Waals surface area contributed by atoms with Crippen molar-refractivity contribution >= 4 is 46.4 Å². The van der Waals surface area contributed by atoms with Crippen molar-refractivity contribution in [1.82, 2.24) is 35.1 Å². The number of nitrogens with one attached hydrogen (secondary N) is 3. The zero-order valence-electron chi connectivity index (χ0n) is 33.2. The van der Waals surface area contributed by atoms with Crippen molar-refractivity contribution in [2.75, 3.05) is 39.3 Å². The van der Waals surface area contributed by atoms with Crippen LogP contribution in [-0.2, 0) is 0 Å². The van der Waals surface area contributed by atoms with Gasteiger partial charge in [-0.15, -0.1) is 0 Å². The highest BCUT2D eigenvalue weighted by Gasteiger charge is 2.31. The minimum absolute atomic E-state index is 0.240.